The highest BCUT2D eigenvalue weighted by molar-refractivity contribution is 7.13. The van der Waals surface area contributed by atoms with Gasteiger partial charge < -0.3 is 4.74 Å². The Morgan fingerprint density at radius 2 is 1.86 bits per heavy atom. The van der Waals surface area contributed by atoms with Crippen molar-refractivity contribution in [1.82, 2.24) is 0 Å². The van der Waals surface area contributed by atoms with Gasteiger partial charge in [-0.25, -0.2) is 4.79 Å². The molecule has 0 unspecified atom stereocenters. The molecule has 0 spiro atoms. The van der Waals surface area contributed by atoms with Crippen molar-refractivity contribution in [3.63, 3.8) is 0 Å². The predicted octanol–water partition coefficient (Wildman–Crippen LogP) is 4.60. The van der Waals surface area contributed by atoms with E-state index in [1.807, 2.05) is 17.5 Å². The molecule has 0 aliphatic rings. The van der Waals surface area contributed by atoms with Crippen LogP contribution in [0.5, 0.6) is 5.06 Å². The first-order valence-corrected chi connectivity index (χ1v) is 7.99. The number of carbonyl (C=O) groups is 1. The fraction of sp³-hybridized carbons (Fsp3) is 0. The number of nitro groups is 1. The van der Waals surface area contributed by atoms with Gasteiger partial charge in [0.1, 0.15) is 5.56 Å². The average Bonchev–Trinajstić information content (AvgIpc) is 3.19. The van der Waals surface area contributed by atoms with Gasteiger partial charge in [0.25, 0.3) is 5.69 Å². The third-order valence-corrected chi connectivity index (χ3v) is 4.57. The number of ether oxygens (including phenoxy) is 1. The van der Waals surface area contributed by atoms with Crippen LogP contribution in [-0.4, -0.2) is 10.9 Å². The number of hydrogen-bond acceptors (Lipinski definition) is 6. The fourth-order valence-electron chi connectivity index (χ4n) is 1.92. The minimum atomic E-state index is -0.729. The molecule has 0 fully saturated rings. The molecule has 3 aromatic rings. The van der Waals surface area contributed by atoms with Crippen molar-refractivity contribution in [3.05, 3.63) is 68.9 Å². The SMILES string of the molecule is O=C(Oc1cccs1)c1cc(-c2cccs2)ccc1[N+](=O)[O-]. The number of esters is 1. The molecule has 22 heavy (non-hydrogen) atoms. The standard InChI is InChI=1S/C15H9NO4S2/c17-15(20-14-4-2-8-22-14)11-9-10(13-3-1-7-21-13)5-6-12(11)16(18)19/h1-9H. The molecule has 0 N–H and O–H groups in total. The minimum absolute atomic E-state index is 0.0516. The van der Waals surface area contributed by atoms with E-state index in [-0.39, 0.29) is 11.3 Å². The van der Waals surface area contributed by atoms with E-state index in [9.17, 15) is 14.9 Å². The van der Waals surface area contributed by atoms with Crippen molar-refractivity contribution in [2.45, 2.75) is 0 Å². The summed E-state index contributed by atoms with van der Waals surface area (Å²) in [6, 6.07) is 11.6. The third-order valence-electron chi connectivity index (χ3n) is 2.91. The van der Waals surface area contributed by atoms with Gasteiger partial charge in [0.15, 0.2) is 5.06 Å². The number of carbonyl (C=O) groups excluding carboxylic acids is 1. The summed E-state index contributed by atoms with van der Waals surface area (Å²) in [5.74, 6) is -0.729. The molecule has 0 amide bonds. The Balaban J connectivity index is 2.01. The van der Waals surface area contributed by atoms with Gasteiger partial charge in [0, 0.05) is 10.9 Å². The van der Waals surface area contributed by atoms with E-state index >= 15 is 0 Å². The van der Waals surface area contributed by atoms with Crippen LogP contribution in [0.4, 0.5) is 5.69 Å². The minimum Gasteiger partial charge on any atom is -0.412 e. The van der Waals surface area contributed by atoms with E-state index in [1.165, 1.54) is 34.8 Å². The van der Waals surface area contributed by atoms with Crippen LogP contribution in [0, 0.1) is 10.1 Å². The molecule has 0 atom stereocenters. The summed E-state index contributed by atoms with van der Waals surface area (Å²) in [5, 5.41) is 15.2. The van der Waals surface area contributed by atoms with E-state index in [0.29, 0.717) is 5.06 Å². The van der Waals surface area contributed by atoms with Crippen molar-refractivity contribution in [3.8, 4) is 15.5 Å². The molecule has 2 aromatic heterocycles. The summed E-state index contributed by atoms with van der Waals surface area (Å²) >= 11 is 2.75. The molecule has 2 heterocycles. The fourth-order valence-corrected chi connectivity index (χ4v) is 3.22. The molecule has 0 bridgehead atoms. The Morgan fingerprint density at radius 3 is 2.50 bits per heavy atom. The molecule has 7 heteroatoms. The molecule has 110 valence electrons. The first kappa shape index (κ1) is 14.4. The second-order valence-electron chi connectivity index (χ2n) is 4.29. The Kier molecular flexibility index (Phi) is 3.99. The second kappa shape index (κ2) is 6.08. The molecule has 0 aliphatic heterocycles. The summed E-state index contributed by atoms with van der Waals surface area (Å²) in [6.45, 7) is 0. The van der Waals surface area contributed by atoms with Crippen molar-refractivity contribution in [2.75, 3.05) is 0 Å². The van der Waals surface area contributed by atoms with Gasteiger partial charge in [0.05, 0.1) is 4.92 Å². The van der Waals surface area contributed by atoms with Crippen LogP contribution in [0.2, 0.25) is 0 Å². The quantitative estimate of drug-likeness (QED) is 0.398. The predicted molar refractivity (Wildman–Crippen MR) is 85.7 cm³/mol. The number of thiophene rings is 2. The average molecular weight is 331 g/mol. The molecule has 1 aromatic carbocycles. The lowest BCUT2D eigenvalue weighted by molar-refractivity contribution is -0.385. The number of rotatable bonds is 4. The van der Waals surface area contributed by atoms with Crippen molar-refractivity contribution in [1.29, 1.82) is 0 Å². The molecule has 0 radical (unpaired) electrons. The molecule has 0 aliphatic carbocycles. The zero-order chi connectivity index (χ0) is 15.5. The molecular weight excluding hydrogens is 322 g/mol. The van der Waals surface area contributed by atoms with Gasteiger partial charge >= 0.3 is 5.97 Å². The van der Waals surface area contributed by atoms with E-state index in [0.717, 1.165) is 10.4 Å². The zero-order valence-corrected chi connectivity index (χ0v) is 12.7. The van der Waals surface area contributed by atoms with Crippen LogP contribution in [0.1, 0.15) is 10.4 Å². The number of hydrogen-bond donors (Lipinski definition) is 0. The molecule has 0 saturated heterocycles. The maximum Gasteiger partial charge on any atom is 0.351 e. The highest BCUT2D eigenvalue weighted by Crippen LogP contribution is 2.30. The normalized spacial score (nSPS) is 10.4. The maximum atomic E-state index is 12.2. The highest BCUT2D eigenvalue weighted by Gasteiger charge is 2.23. The van der Waals surface area contributed by atoms with Gasteiger partial charge in [-0.1, -0.05) is 6.07 Å². The van der Waals surface area contributed by atoms with Crippen LogP contribution in [0.15, 0.2) is 53.2 Å². The van der Waals surface area contributed by atoms with Gasteiger partial charge in [-0.15, -0.1) is 22.7 Å². The monoisotopic (exact) mass is 331 g/mol. The lowest BCUT2D eigenvalue weighted by atomic mass is 10.1. The van der Waals surface area contributed by atoms with Gasteiger partial charge in [-0.05, 0) is 46.7 Å². The van der Waals surface area contributed by atoms with Gasteiger partial charge in [-0.3, -0.25) is 10.1 Å². The van der Waals surface area contributed by atoms with Crippen LogP contribution < -0.4 is 4.74 Å². The Bertz CT molecular complexity index is 810. The third kappa shape index (κ3) is 2.90. The number of nitro benzene ring substituents is 1. The first-order chi connectivity index (χ1) is 10.6. The van der Waals surface area contributed by atoms with Crippen molar-refractivity contribution in [2.24, 2.45) is 0 Å². The molecule has 5 nitrogen and oxygen atoms in total. The Labute approximate surface area is 133 Å². The Morgan fingerprint density at radius 1 is 1.09 bits per heavy atom. The van der Waals surface area contributed by atoms with Gasteiger partial charge in [0.2, 0.25) is 0 Å². The maximum absolute atomic E-state index is 12.2. The van der Waals surface area contributed by atoms with E-state index < -0.39 is 10.9 Å². The number of nitrogens with zero attached hydrogens (tertiary/aromatic N) is 1. The zero-order valence-electron chi connectivity index (χ0n) is 11.1. The number of benzene rings is 1. The van der Waals surface area contributed by atoms with E-state index in [4.69, 9.17) is 4.74 Å². The van der Waals surface area contributed by atoms with Gasteiger partial charge in [-0.2, -0.15) is 0 Å². The summed E-state index contributed by atoms with van der Waals surface area (Å²) in [5.41, 5.74) is 0.435. The summed E-state index contributed by atoms with van der Waals surface area (Å²) < 4.78 is 5.18. The van der Waals surface area contributed by atoms with Crippen LogP contribution in [-0.2, 0) is 0 Å². The summed E-state index contributed by atoms with van der Waals surface area (Å²) in [7, 11) is 0. The molecular formula is C15H9NO4S2. The smallest absolute Gasteiger partial charge is 0.351 e. The topological polar surface area (TPSA) is 69.4 Å². The second-order valence-corrected chi connectivity index (χ2v) is 6.15. The lowest BCUT2D eigenvalue weighted by Gasteiger charge is -2.05. The first-order valence-electron chi connectivity index (χ1n) is 6.23. The van der Waals surface area contributed by atoms with Crippen LogP contribution in [0.25, 0.3) is 10.4 Å². The van der Waals surface area contributed by atoms with Crippen molar-refractivity contribution >= 4 is 34.3 Å². The van der Waals surface area contributed by atoms with Crippen molar-refractivity contribution < 1.29 is 14.5 Å². The van der Waals surface area contributed by atoms with E-state index in [1.54, 1.807) is 23.6 Å². The van der Waals surface area contributed by atoms with Crippen LogP contribution >= 0.6 is 22.7 Å². The molecule has 0 saturated carbocycles. The summed E-state index contributed by atoms with van der Waals surface area (Å²) in [6.07, 6.45) is 0. The summed E-state index contributed by atoms with van der Waals surface area (Å²) in [4.78, 5) is 23.7. The largest absolute Gasteiger partial charge is 0.412 e. The Hall–Kier alpha value is -2.51. The van der Waals surface area contributed by atoms with Crippen LogP contribution in [0.3, 0.4) is 0 Å². The lowest BCUT2D eigenvalue weighted by Crippen LogP contribution is -2.10. The van der Waals surface area contributed by atoms with E-state index in [2.05, 4.69) is 0 Å². The highest BCUT2D eigenvalue weighted by atomic mass is 32.1. The molecule has 3 rings (SSSR count).